The summed E-state index contributed by atoms with van der Waals surface area (Å²) < 4.78 is 0. The Hall–Kier alpha value is -4.70. The molecule has 0 fully saturated rings. The number of phenols is 1. The Labute approximate surface area is 235 Å². The van der Waals surface area contributed by atoms with Crippen molar-refractivity contribution in [3.8, 4) is 5.75 Å². The zero-order valence-electron chi connectivity index (χ0n) is 22.5. The van der Waals surface area contributed by atoms with Gasteiger partial charge in [-0.25, -0.2) is 9.78 Å². The highest BCUT2D eigenvalue weighted by molar-refractivity contribution is 5.94. The lowest BCUT2D eigenvalue weighted by Crippen LogP contribution is -2.60. The lowest BCUT2D eigenvalue weighted by atomic mass is 10.0. The summed E-state index contributed by atoms with van der Waals surface area (Å²) in [5, 5.41) is 36.5. The van der Waals surface area contributed by atoms with Crippen LogP contribution in [0.5, 0.6) is 5.75 Å². The second kappa shape index (κ2) is 15.8. The van der Waals surface area contributed by atoms with Crippen LogP contribution in [0.4, 0.5) is 0 Å². The number of guanidine groups is 1. The molecule has 5 unspecified atom stereocenters. The van der Waals surface area contributed by atoms with Crippen LogP contribution in [0.3, 0.4) is 0 Å². The standard InChI is InChI=1S/C25H37N9O7/c1-13(35)20(34-21(37)17(26)9-14-4-6-16(36)7-5-14)23(39)32-18(3-2-8-30-25(27)28)22(38)33-19(24(40)41)10-15-11-29-12-31-15/h4-7,11-13,17-20,35-36H,2-3,8-10,26H2,1H3,(H,29,31)(H,32,39)(H,33,38)(H,34,37)(H,40,41)(H4,27,28,30). The number of nitrogens with one attached hydrogen (secondary N) is 4. The molecule has 16 heteroatoms. The molecular weight excluding hydrogens is 538 g/mol. The monoisotopic (exact) mass is 575 g/mol. The van der Waals surface area contributed by atoms with Crippen LogP contribution in [-0.2, 0) is 32.0 Å². The average molecular weight is 576 g/mol. The number of aromatic hydroxyl groups is 1. The third-order valence-electron chi connectivity index (χ3n) is 5.96. The van der Waals surface area contributed by atoms with E-state index in [2.05, 4.69) is 30.9 Å². The number of benzene rings is 1. The van der Waals surface area contributed by atoms with E-state index in [4.69, 9.17) is 17.2 Å². The molecule has 1 aromatic heterocycles. The van der Waals surface area contributed by atoms with Crippen LogP contribution in [0.2, 0.25) is 0 Å². The quantitative estimate of drug-likeness (QED) is 0.0554. The predicted molar refractivity (Wildman–Crippen MR) is 147 cm³/mol. The SMILES string of the molecule is CC(O)C(NC(=O)C(N)Cc1ccc(O)cc1)C(=O)NC(CCCN=C(N)N)C(=O)NC(Cc1cnc[nH]1)C(=O)O. The van der Waals surface area contributed by atoms with Crippen LogP contribution in [0, 0.1) is 0 Å². The van der Waals surface area contributed by atoms with Gasteiger partial charge in [0.1, 0.15) is 23.9 Å². The van der Waals surface area contributed by atoms with E-state index in [9.17, 15) is 34.5 Å². The highest BCUT2D eigenvalue weighted by atomic mass is 16.4. The van der Waals surface area contributed by atoms with Gasteiger partial charge in [-0.2, -0.15) is 0 Å². The molecule has 1 heterocycles. The second-order valence-electron chi connectivity index (χ2n) is 9.39. The number of aromatic nitrogens is 2. The van der Waals surface area contributed by atoms with Gasteiger partial charge in [0, 0.05) is 24.9 Å². The molecule has 0 radical (unpaired) electrons. The second-order valence-corrected chi connectivity index (χ2v) is 9.39. The Balaban J connectivity index is 2.12. The number of aliphatic carboxylic acids is 1. The lowest BCUT2D eigenvalue weighted by Gasteiger charge is -2.26. The molecule has 3 amide bonds. The molecule has 0 spiro atoms. The van der Waals surface area contributed by atoms with E-state index >= 15 is 0 Å². The molecule has 0 saturated carbocycles. The number of nitrogens with zero attached hydrogens (tertiary/aromatic N) is 2. The van der Waals surface area contributed by atoms with E-state index < -0.39 is 54.0 Å². The van der Waals surface area contributed by atoms with Gasteiger partial charge in [0.2, 0.25) is 17.7 Å². The number of hydrogen-bond donors (Lipinski definition) is 10. The van der Waals surface area contributed by atoms with E-state index in [1.807, 2.05) is 0 Å². The maximum absolute atomic E-state index is 13.1. The average Bonchev–Trinajstić information content (AvgIpc) is 3.42. The Morgan fingerprint density at radius 2 is 1.66 bits per heavy atom. The van der Waals surface area contributed by atoms with Crippen molar-refractivity contribution in [2.75, 3.05) is 6.54 Å². The number of amides is 3. The van der Waals surface area contributed by atoms with E-state index in [1.54, 1.807) is 12.1 Å². The Bertz CT molecular complexity index is 1180. The Kier molecular flexibility index (Phi) is 12.5. The summed E-state index contributed by atoms with van der Waals surface area (Å²) >= 11 is 0. The fourth-order valence-electron chi connectivity index (χ4n) is 3.77. The third-order valence-corrected chi connectivity index (χ3v) is 5.96. The first kappa shape index (κ1) is 32.5. The third kappa shape index (κ3) is 11.1. The highest BCUT2D eigenvalue weighted by Crippen LogP contribution is 2.11. The Morgan fingerprint density at radius 3 is 2.22 bits per heavy atom. The van der Waals surface area contributed by atoms with Gasteiger partial charge in [0.05, 0.1) is 18.5 Å². The summed E-state index contributed by atoms with van der Waals surface area (Å²) in [6.45, 7) is 1.40. The van der Waals surface area contributed by atoms with Gasteiger partial charge in [-0.1, -0.05) is 12.1 Å². The minimum atomic E-state index is -1.48. The number of carboxylic acids is 1. The van der Waals surface area contributed by atoms with Crippen molar-refractivity contribution in [2.45, 2.75) is 62.9 Å². The molecule has 224 valence electrons. The van der Waals surface area contributed by atoms with Crippen LogP contribution in [0.1, 0.15) is 31.0 Å². The van der Waals surface area contributed by atoms with E-state index in [0.717, 1.165) is 0 Å². The molecule has 41 heavy (non-hydrogen) atoms. The summed E-state index contributed by atoms with van der Waals surface area (Å²) in [6.07, 6.45) is 1.63. The Morgan fingerprint density at radius 1 is 1.00 bits per heavy atom. The number of carbonyl (C=O) groups is 4. The summed E-state index contributed by atoms with van der Waals surface area (Å²) in [4.78, 5) is 61.2. The number of carbonyl (C=O) groups excluding carboxylic acids is 3. The van der Waals surface area contributed by atoms with Gasteiger partial charge >= 0.3 is 5.97 Å². The number of aliphatic hydroxyl groups is 1. The van der Waals surface area contributed by atoms with E-state index in [0.29, 0.717) is 11.3 Å². The number of aliphatic hydroxyl groups excluding tert-OH is 1. The minimum Gasteiger partial charge on any atom is -0.508 e. The topological polar surface area (TPSA) is 284 Å². The van der Waals surface area contributed by atoms with Crippen molar-refractivity contribution in [1.82, 2.24) is 25.9 Å². The number of nitrogens with two attached hydrogens (primary N) is 3. The number of hydrogen-bond acceptors (Lipinski definition) is 9. The van der Waals surface area contributed by atoms with Crippen molar-refractivity contribution < 1.29 is 34.5 Å². The number of aromatic amines is 1. The van der Waals surface area contributed by atoms with Gasteiger partial charge in [-0.3, -0.25) is 19.4 Å². The fourth-order valence-corrected chi connectivity index (χ4v) is 3.77. The summed E-state index contributed by atoms with van der Waals surface area (Å²) in [6, 6.07) is 0.873. The maximum Gasteiger partial charge on any atom is 0.326 e. The number of rotatable bonds is 16. The first-order chi connectivity index (χ1) is 19.4. The van der Waals surface area contributed by atoms with E-state index in [1.165, 1.54) is 31.6 Å². The van der Waals surface area contributed by atoms with E-state index in [-0.39, 0.29) is 43.9 Å². The molecule has 0 bridgehead atoms. The molecule has 13 N–H and O–H groups in total. The molecule has 0 saturated heterocycles. The van der Waals surface area contributed by atoms with Gasteiger partial charge in [-0.15, -0.1) is 0 Å². The van der Waals surface area contributed by atoms with Crippen LogP contribution in [0.15, 0.2) is 41.8 Å². The van der Waals surface area contributed by atoms with Gasteiger partial charge < -0.3 is 53.5 Å². The fraction of sp³-hybridized carbons (Fsp3) is 0.440. The number of H-pyrrole nitrogens is 1. The van der Waals surface area contributed by atoms with Crippen LogP contribution in [0.25, 0.3) is 0 Å². The minimum absolute atomic E-state index is 0.00555. The molecule has 2 aromatic rings. The maximum atomic E-state index is 13.1. The predicted octanol–water partition coefficient (Wildman–Crippen LogP) is -2.80. The van der Waals surface area contributed by atoms with Crippen molar-refractivity contribution in [2.24, 2.45) is 22.2 Å². The largest absolute Gasteiger partial charge is 0.508 e. The molecule has 0 aliphatic rings. The van der Waals surface area contributed by atoms with Gasteiger partial charge in [0.15, 0.2) is 5.96 Å². The lowest BCUT2D eigenvalue weighted by molar-refractivity contribution is -0.142. The molecule has 2 rings (SSSR count). The number of aliphatic imine (C=N–C) groups is 1. The molecular formula is C25H37N9O7. The summed E-state index contributed by atoms with van der Waals surface area (Å²) in [5.74, 6) is -3.87. The molecule has 0 aliphatic carbocycles. The van der Waals surface area contributed by atoms with Gasteiger partial charge in [-0.05, 0) is 43.9 Å². The van der Waals surface area contributed by atoms with Crippen molar-refractivity contribution in [3.63, 3.8) is 0 Å². The molecule has 5 atom stereocenters. The highest BCUT2D eigenvalue weighted by Gasteiger charge is 2.32. The van der Waals surface area contributed by atoms with Crippen LogP contribution in [-0.4, -0.2) is 91.8 Å². The summed E-state index contributed by atoms with van der Waals surface area (Å²) in [5.41, 5.74) is 17.8. The summed E-state index contributed by atoms with van der Waals surface area (Å²) in [7, 11) is 0. The smallest absolute Gasteiger partial charge is 0.326 e. The zero-order valence-corrected chi connectivity index (χ0v) is 22.5. The van der Waals surface area contributed by atoms with Gasteiger partial charge in [0.25, 0.3) is 0 Å². The van der Waals surface area contributed by atoms with Crippen molar-refractivity contribution in [3.05, 3.63) is 48.0 Å². The molecule has 1 aromatic carbocycles. The normalized spacial score (nSPS) is 14.5. The molecule has 0 aliphatic heterocycles. The number of imidazole rings is 1. The zero-order chi connectivity index (χ0) is 30.5. The number of phenolic OH excluding ortho intramolecular Hbond substituents is 1. The molecule has 16 nitrogen and oxygen atoms in total. The van der Waals surface area contributed by atoms with Crippen molar-refractivity contribution >= 4 is 29.7 Å². The first-order valence-corrected chi connectivity index (χ1v) is 12.8. The van der Waals surface area contributed by atoms with Crippen molar-refractivity contribution in [1.29, 1.82) is 0 Å². The number of carboxylic acid groups (broad SMARTS) is 1. The van der Waals surface area contributed by atoms with Crippen LogP contribution >= 0.6 is 0 Å². The van der Waals surface area contributed by atoms with Crippen LogP contribution < -0.4 is 33.2 Å². The first-order valence-electron chi connectivity index (χ1n) is 12.8.